The van der Waals surface area contributed by atoms with E-state index in [2.05, 4.69) is 16.8 Å². The molecule has 4 heterocycles. The van der Waals surface area contributed by atoms with Gasteiger partial charge in [-0.15, -0.1) is 0 Å². The molecule has 0 N–H and O–H groups in total. The standard InChI is InChI=1S/C22H33N5O2/c1-16-5-3-8-25(12-16)15-21(29)27-10-7-20-19(14-27)11-23-22(24-20)18-6-4-9-26(13-18)17(2)28/h11,16,18H,3-10,12-15H2,1-2H3/t16-,18+/m0/s1. The summed E-state index contributed by atoms with van der Waals surface area (Å²) in [6, 6.07) is 0. The number of fused-ring (bicyclic) bond motifs is 1. The molecule has 1 aromatic rings. The van der Waals surface area contributed by atoms with Crippen LogP contribution in [0.2, 0.25) is 0 Å². The van der Waals surface area contributed by atoms with Crippen LogP contribution in [-0.2, 0) is 22.6 Å². The topological polar surface area (TPSA) is 69.6 Å². The van der Waals surface area contributed by atoms with Crippen LogP contribution in [0, 0.1) is 5.92 Å². The number of carbonyl (C=O) groups excluding carboxylic acids is 2. The summed E-state index contributed by atoms with van der Waals surface area (Å²) in [4.78, 5) is 40.2. The van der Waals surface area contributed by atoms with Crippen LogP contribution in [0.3, 0.4) is 0 Å². The predicted molar refractivity (Wildman–Crippen MR) is 110 cm³/mol. The van der Waals surface area contributed by atoms with Crippen LogP contribution in [0.25, 0.3) is 0 Å². The van der Waals surface area contributed by atoms with Gasteiger partial charge >= 0.3 is 0 Å². The highest BCUT2D eigenvalue weighted by atomic mass is 16.2. The fourth-order valence-corrected chi connectivity index (χ4v) is 4.94. The van der Waals surface area contributed by atoms with Crippen molar-refractivity contribution in [2.24, 2.45) is 5.92 Å². The van der Waals surface area contributed by atoms with Gasteiger partial charge in [-0.25, -0.2) is 9.97 Å². The van der Waals surface area contributed by atoms with Crippen molar-refractivity contribution in [2.75, 3.05) is 39.3 Å². The Morgan fingerprint density at radius 3 is 2.72 bits per heavy atom. The average Bonchev–Trinajstić information content (AvgIpc) is 2.73. The molecule has 0 saturated carbocycles. The third-order valence-electron chi connectivity index (χ3n) is 6.64. The Labute approximate surface area is 173 Å². The maximum atomic E-state index is 12.8. The van der Waals surface area contributed by atoms with E-state index in [0.29, 0.717) is 25.6 Å². The molecule has 0 aromatic carbocycles. The van der Waals surface area contributed by atoms with Crippen LogP contribution >= 0.6 is 0 Å². The highest BCUT2D eigenvalue weighted by Gasteiger charge is 2.28. The van der Waals surface area contributed by atoms with Gasteiger partial charge in [-0.05, 0) is 38.1 Å². The van der Waals surface area contributed by atoms with E-state index in [1.807, 2.05) is 16.0 Å². The lowest BCUT2D eigenvalue weighted by Gasteiger charge is -2.34. The van der Waals surface area contributed by atoms with Crippen molar-refractivity contribution >= 4 is 11.8 Å². The largest absolute Gasteiger partial charge is 0.342 e. The average molecular weight is 400 g/mol. The first kappa shape index (κ1) is 20.3. The molecule has 0 unspecified atom stereocenters. The molecule has 3 aliphatic rings. The fraction of sp³-hybridized carbons (Fsp3) is 0.727. The van der Waals surface area contributed by atoms with E-state index < -0.39 is 0 Å². The van der Waals surface area contributed by atoms with E-state index in [1.165, 1.54) is 12.8 Å². The number of amides is 2. The summed E-state index contributed by atoms with van der Waals surface area (Å²) < 4.78 is 0. The lowest BCUT2D eigenvalue weighted by molar-refractivity contribution is -0.133. The van der Waals surface area contributed by atoms with Crippen LogP contribution in [0.15, 0.2) is 6.20 Å². The van der Waals surface area contributed by atoms with Gasteiger partial charge in [0.05, 0.1) is 12.2 Å². The number of aromatic nitrogens is 2. The summed E-state index contributed by atoms with van der Waals surface area (Å²) in [5.41, 5.74) is 2.14. The predicted octanol–water partition coefficient (Wildman–Crippen LogP) is 1.82. The van der Waals surface area contributed by atoms with Gasteiger partial charge in [-0.1, -0.05) is 6.92 Å². The quantitative estimate of drug-likeness (QED) is 0.775. The number of likely N-dealkylation sites (tertiary alicyclic amines) is 2. The van der Waals surface area contributed by atoms with Gasteiger partial charge in [0.25, 0.3) is 0 Å². The van der Waals surface area contributed by atoms with Crippen molar-refractivity contribution in [1.29, 1.82) is 0 Å². The number of hydrogen-bond donors (Lipinski definition) is 0. The van der Waals surface area contributed by atoms with E-state index in [1.54, 1.807) is 6.92 Å². The molecule has 2 atom stereocenters. The lowest BCUT2D eigenvalue weighted by Crippen LogP contribution is -2.45. The number of piperidine rings is 2. The molecule has 2 fully saturated rings. The fourth-order valence-electron chi connectivity index (χ4n) is 4.94. The third kappa shape index (κ3) is 4.77. The smallest absolute Gasteiger partial charge is 0.237 e. The van der Waals surface area contributed by atoms with E-state index in [0.717, 1.165) is 62.5 Å². The molecule has 2 saturated heterocycles. The van der Waals surface area contributed by atoms with E-state index >= 15 is 0 Å². The van der Waals surface area contributed by atoms with Gasteiger partial charge in [0, 0.05) is 63.7 Å². The molecule has 29 heavy (non-hydrogen) atoms. The van der Waals surface area contributed by atoms with Gasteiger partial charge in [-0.2, -0.15) is 0 Å². The van der Waals surface area contributed by atoms with Crippen LogP contribution in [0.5, 0.6) is 0 Å². The summed E-state index contributed by atoms with van der Waals surface area (Å²) in [7, 11) is 0. The first-order chi connectivity index (χ1) is 14.0. The summed E-state index contributed by atoms with van der Waals surface area (Å²) in [6.45, 7) is 9.39. The molecule has 0 radical (unpaired) electrons. The second kappa shape index (κ2) is 8.78. The summed E-state index contributed by atoms with van der Waals surface area (Å²) >= 11 is 0. The van der Waals surface area contributed by atoms with Crippen molar-refractivity contribution in [3.63, 3.8) is 0 Å². The van der Waals surface area contributed by atoms with Crippen LogP contribution < -0.4 is 0 Å². The molecule has 3 aliphatic heterocycles. The lowest BCUT2D eigenvalue weighted by atomic mass is 9.96. The molecule has 0 aliphatic carbocycles. The number of carbonyl (C=O) groups is 2. The van der Waals surface area contributed by atoms with Gasteiger partial charge < -0.3 is 9.80 Å². The monoisotopic (exact) mass is 399 g/mol. The molecular formula is C22H33N5O2. The Morgan fingerprint density at radius 2 is 1.93 bits per heavy atom. The minimum atomic E-state index is 0.130. The zero-order valence-corrected chi connectivity index (χ0v) is 17.8. The second-order valence-electron chi connectivity index (χ2n) is 9.05. The maximum absolute atomic E-state index is 12.8. The molecule has 7 heteroatoms. The molecule has 0 spiro atoms. The highest BCUT2D eigenvalue weighted by molar-refractivity contribution is 5.78. The first-order valence-corrected chi connectivity index (χ1v) is 11.1. The van der Waals surface area contributed by atoms with Crippen LogP contribution in [0.4, 0.5) is 0 Å². The van der Waals surface area contributed by atoms with Gasteiger partial charge in [0.15, 0.2) is 0 Å². The van der Waals surface area contributed by atoms with Crippen molar-refractivity contribution in [3.8, 4) is 0 Å². The molecule has 0 bridgehead atoms. The Balaban J connectivity index is 1.38. The van der Waals surface area contributed by atoms with Gasteiger partial charge in [-0.3, -0.25) is 14.5 Å². The third-order valence-corrected chi connectivity index (χ3v) is 6.64. The molecule has 158 valence electrons. The molecule has 7 nitrogen and oxygen atoms in total. The van der Waals surface area contributed by atoms with Crippen molar-refractivity contribution in [2.45, 2.75) is 58.4 Å². The van der Waals surface area contributed by atoms with Gasteiger partial charge in [0.1, 0.15) is 5.82 Å². The highest BCUT2D eigenvalue weighted by Crippen LogP contribution is 2.26. The Bertz CT molecular complexity index is 768. The van der Waals surface area contributed by atoms with Crippen molar-refractivity contribution < 1.29 is 9.59 Å². The summed E-state index contributed by atoms with van der Waals surface area (Å²) in [6.07, 6.45) is 7.19. The first-order valence-electron chi connectivity index (χ1n) is 11.1. The van der Waals surface area contributed by atoms with Crippen molar-refractivity contribution in [1.82, 2.24) is 24.7 Å². The SMILES string of the molecule is CC(=O)N1CCC[C@@H](c2ncc3c(n2)CCN(C(=O)CN2CCC[C@H](C)C2)C3)C1. The zero-order valence-electron chi connectivity index (χ0n) is 17.8. The van der Waals surface area contributed by atoms with E-state index in [9.17, 15) is 9.59 Å². The molecule has 4 rings (SSSR count). The second-order valence-corrected chi connectivity index (χ2v) is 9.05. The van der Waals surface area contributed by atoms with Crippen molar-refractivity contribution in [3.05, 3.63) is 23.3 Å². The number of rotatable bonds is 3. The zero-order chi connectivity index (χ0) is 20.4. The Morgan fingerprint density at radius 1 is 1.10 bits per heavy atom. The van der Waals surface area contributed by atoms with Crippen LogP contribution in [0.1, 0.15) is 62.5 Å². The van der Waals surface area contributed by atoms with E-state index in [4.69, 9.17) is 4.98 Å². The van der Waals surface area contributed by atoms with Crippen LogP contribution in [-0.4, -0.2) is 75.8 Å². The van der Waals surface area contributed by atoms with Gasteiger partial charge in [0.2, 0.25) is 11.8 Å². The van der Waals surface area contributed by atoms with E-state index in [-0.39, 0.29) is 17.7 Å². The summed E-state index contributed by atoms with van der Waals surface area (Å²) in [5, 5.41) is 0. The Hall–Kier alpha value is -2.02. The minimum Gasteiger partial charge on any atom is -0.342 e. The minimum absolute atomic E-state index is 0.130. The number of nitrogens with zero attached hydrogens (tertiary/aromatic N) is 5. The molecular weight excluding hydrogens is 366 g/mol. The maximum Gasteiger partial charge on any atom is 0.237 e. The normalized spacial score (nSPS) is 25.6. The Kier molecular flexibility index (Phi) is 6.13. The molecule has 2 amide bonds. The molecule has 1 aromatic heterocycles. The summed E-state index contributed by atoms with van der Waals surface area (Å²) in [5.74, 6) is 2.11. The number of hydrogen-bond acceptors (Lipinski definition) is 5.